The molecule has 1 aromatic carbocycles. The summed E-state index contributed by atoms with van der Waals surface area (Å²) in [5, 5.41) is 0. The molecule has 0 aromatic heterocycles. The van der Waals surface area contributed by atoms with E-state index < -0.39 is 0 Å². The Morgan fingerprint density at radius 1 is 1.26 bits per heavy atom. The van der Waals surface area contributed by atoms with E-state index in [4.69, 9.17) is 0 Å². The van der Waals surface area contributed by atoms with Gasteiger partial charge in [-0.3, -0.25) is 14.3 Å². The Balaban J connectivity index is 1.93. The molecule has 0 spiro atoms. The number of carbonyl (C=O) groups is 2. The molecule has 1 heterocycles. The predicted molar refractivity (Wildman–Crippen MR) is 75.7 cm³/mol. The van der Waals surface area contributed by atoms with Crippen LogP contribution in [0, 0.1) is 0 Å². The third-order valence-corrected chi connectivity index (χ3v) is 4.22. The van der Waals surface area contributed by atoms with Gasteiger partial charge in [-0.1, -0.05) is 18.2 Å². The molecule has 1 N–H and O–H groups in total. The molecule has 1 aromatic rings. The number of nitrogens with zero attached hydrogens (tertiary/aromatic N) is 1. The maximum Gasteiger partial charge on any atom is 0.220 e. The van der Waals surface area contributed by atoms with Crippen LogP contribution < -0.4 is 4.72 Å². The summed E-state index contributed by atoms with van der Waals surface area (Å²) < 4.78 is 3.34. The maximum atomic E-state index is 11.6. The summed E-state index contributed by atoms with van der Waals surface area (Å²) >= 11 is 1.55. The summed E-state index contributed by atoms with van der Waals surface area (Å²) in [6, 6.07) is 9.88. The summed E-state index contributed by atoms with van der Waals surface area (Å²) in [5.74, 6) is 0.0263. The van der Waals surface area contributed by atoms with Crippen molar-refractivity contribution in [1.29, 1.82) is 0 Å². The molecule has 0 unspecified atom stereocenters. The first-order valence-corrected chi connectivity index (χ1v) is 7.14. The van der Waals surface area contributed by atoms with Crippen LogP contribution in [-0.2, 0) is 9.59 Å². The third kappa shape index (κ3) is 3.58. The highest BCUT2D eigenvalue weighted by Crippen LogP contribution is 2.22. The van der Waals surface area contributed by atoms with Crippen molar-refractivity contribution in [2.24, 2.45) is 0 Å². The van der Waals surface area contributed by atoms with E-state index >= 15 is 0 Å². The molecule has 2 atom stereocenters. The lowest BCUT2D eigenvalue weighted by molar-refractivity contribution is -0.135. The quantitative estimate of drug-likeness (QED) is 0.854. The van der Waals surface area contributed by atoms with Gasteiger partial charge in [-0.05, 0) is 37.4 Å². The number of ketones is 1. The van der Waals surface area contributed by atoms with Crippen molar-refractivity contribution >= 4 is 23.6 Å². The van der Waals surface area contributed by atoms with Gasteiger partial charge in [0.25, 0.3) is 0 Å². The molecule has 0 radical (unpaired) electrons. The van der Waals surface area contributed by atoms with Crippen LogP contribution in [0.2, 0.25) is 0 Å². The minimum Gasteiger partial charge on any atom is -0.331 e. The third-order valence-electron chi connectivity index (χ3n) is 3.26. The molecule has 1 saturated heterocycles. The lowest BCUT2D eigenvalue weighted by atomic mass is 10.1. The van der Waals surface area contributed by atoms with Gasteiger partial charge in [0.1, 0.15) is 0 Å². The highest BCUT2D eigenvalue weighted by molar-refractivity contribution is 7.97. The molecule has 102 valence electrons. The van der Waals surface area contributed by atoms with Crippen molar-refractivity contribution in [3.8, 4) is 0 Å². The Morgan fingerprint density at radius 2 is 1.95 bits per heavy atom. The first kappa shape index (κ1) is 14.1. The van der Waals surface area contributed by atoms with Crippen LogP contribution in [0.25, 0.3) is 0 Å². The van der Waals surface area contributed by atoms with Crippen molar-refractivity contribution in [2.75, 3.05) is 6.54 Å². The van der Waals surface area contributed by atoms with Crippen LogP contribution in [0.1, 0.15) is 20.3 Å². The minimum atomic E-state index is -0.272. The molecule has 0 saturated carbocycles. The first-order valence-electron chi connectivity index (χ1n) is 6.33. The lowest BCUT2D eigenvalue weighted by Crippen LogP contribution is -2.38. The zero-order valence-corrected chi connectivity index (χ0v) is 11.9. The largest absolute Gasteiger partial charge is 0.331 e. The smallest absolute Gasteiger partial charge is 0.220 e. The number of benzene rings is 1. The van der Waals surface area contributed by atoms with E-state index in [1.54, 1.807) is 23.8 Å². The number of rotatable bonds is 4. The maximum absolute atomic E-state index is 11.6. The highest BCUT2D eigenvalue weighted by Gasteiger charge is 2.36. The van der Waals surface area contributed by atoms with Crippen molar-refractivity contribution in [3.05, 3.63) is 30.3 Å². The number of likely N-dealkylation sites (tertiary alicyclic amines) is 1. The predicted octanol–water partition coefficient (Wildman–Crippen LogP) is 1.86. The second-order valence-corrected chi connectivity index (χ2v) is 5.67. The second kappa shape index (κ2) is 6.21. The Morgan fingerprint density at radius 3 is 2.47 bits per heavy atom. The molecule has 1 aliphatic rings. The average Bonchev–Trinajstić information content (AvgIpc) is 2.82. The van der Waals surface area contributed by atoms with Gasteiger partial charge in [-0.2, -0.15) is 0 Å². The van der Waals surface area contributed by atoms with Crippen LogP contribution in [0.15, 0.2) is 35.2 Å². The zero-order valence-electron chi connectivity index (χ0n) is 11.1. The van der Waals surface area contributed by atoms with E-state index in [2.05, 4.69) is 4.72 Å². The standard InChI is InChI=1S/C14H18N2O2S/c1-10(17)14-8-12(9-16(14)11(2)18)15-19-13-6-4-3-5-7-13/h3-7,12,14-15H,8-9H2,1-2H3/t12-,14+/m1/s1. The van der Waals surface area contributed by atoms with Crippen LogP contribution in [0.3, 0.4) is 0 Å². The van der Waals surface area contributed by atoms with Crippen LogP contribution in [0.5, 0.6) is 0 Å². The van der Waals surface area contributed by atoms with Gasteiger partial charge in [-0.15, -0.1) is 0 Å². The number of carbonyl (C=O) groups excluding carboxylic acids is 2. The Kier molecular flexibility index (Phi) is 4.61. The SMILES string of the molecule is CC(=O)[C@@H]1C[C@@H](NSc2ccccc2)CN1C(C)=O. The highest BCUT2D eigenvalue weighted by atomic mass is 32.2. The number of Topliss-reactive ketones (excluding diaryl/α,β-unsaturated/α-hetero) is 1. The van der Waals surface area contributed by atoms with Crippen LogP contribution in [0.4, 0.5) is 0 Å². The van der Waals surface area contributed by atoms with E-state index in [1.807, 2.05) is 30.3 Å². The Bertz CT molecular complexity index is 442. The van der Waals surface area contributed by atoms with Crippen molar-refractivity contribution in [2.45, 2.75) is 37.2 Å². The minimum absolute atomic E-state index is 0.0331. The molecule has 2 rings (SSSR count). The molecule has 1 fully saturated rings. The van der Waals surface area contributed by atoms with Gasteiger partial charge < -0.3 is 4.90 Å². The number of hydrogen-bond donors (Lipinski definition) is 1. The fourth-order valence-corrected chi connectivity index (χ4v) is 3.06. The molecule has 1 aliphatic heterocycles. The topological polar surface area (TPSA) is 49.4 Å². The molecular weight excluding hydrogens is 260 g/mol. The van der Waals surface area contributed by atoms with Crippen molar-refractivity contribution in [1.82, 2.24) is 9.62 Å². The van der Waals surface area contributed by atoms with Gasteiger partial charge >= 0.3 is 0 Å². The van der Waals surface area contributed by atoms with E-state index in [-0.39, 0.29) is 23.8 Å². The van der Waals surface area contributed by atoms with Gasteiger partial charge in [0, 0.05) is 24.4 Å². The van der Waals surface area contributed by atoms with Crippen molar-refractivity contribution < 1.29 is 9.59 Å². The van der Waals surface area contributed by atoms with Gasteiger partial charge in [0.2, 0.25) is 5.91 Å². The zero-order chi connectivity index (χ0) is 13.8. The second-order valence-electron chi connectivity index (χ2n) is 4.76. The van der Waals surface area contributed by atoms with E-state index in [0.29, 0.717) is 13.0 Å². The fourth-order valence-electron chi connectivity index (χ4n) is 2.29. The molecule has 19 heavy (non-hydrogen) atoms. The van der Waals surface area contributed by atoms with Gasteiger partial charge in [0.05, 0.1) is 6.04 Å². The molecule has 5 heteroatoms. The average molecular weight is 278 g/mol. The van der Waals surface area contributed by atoms with E-state index in [1.165, 1.54) is 6.92 Å². The fraction of sp³-hybridized carbons (Fsp3) is 0.429. The van der Waals surface area contributed by atoms with Gasteiger partial charge in [-0.25, -0.2) is 0 Å². The number of hydrogen-bond acceptors (Lipinski definition) is 4. The molecular formula is C14H18N2O2S. The summed E-state index contributed by atoms with van der Waals surface area (Å²) in [6.45, 7) is 3.66. The summed E-state index contributed by atoms with van der Waals surface area (Å²) in [7, 11) is 0. The molecule has 1 amide bonds. The Labute approximate surface area is 117 Å². The number of amides is 1. The molecule has 0 bridgehead atoms. The van der Waals surface area contributed by atoms with Gasteiger partial charge in [0.15, 0.2) is 5.78 Å². The summed E-state index contributed by atoms with van der Waals surface area (Å²) in [6.07, 6.45) is 0.689. The normalized spacial score (nSPS) is 22.5. The molecule has 0 aliphatic carbocycles. The summed E-state index contributed by atoms with van der Waals surface area (Å²) in [5.41, 5.74) is 0. The first-order chi connectivity index (χ1) is 9.08. The Hall–Kier alpha value is -1.33. The summed E-state index contributed by atoms with van der Waals surface area (Å²) in [4.78, 5) is 25.9. The van der Waals surface area contributed by atoms with E-state index in [9.17, 15) is 9.59 Å². The monoisotopic (exact) mass is 278 g/mol. The lowest BCUT2D eigenvalue weighted by Gasteiger charge is -2.20. The van der Waals surface area contributed by atoms with Crippen LogP contribution in [-0.4, -0.2) is 35.2 Å². The molecule has 4 nitrogen and oxygen atoms in total. The van der Waals surface area contributed by atoms with Crippen molar-refractivity contribution in [3.63, 3.8) is 0 Å². The van der Waals surface area contributed by atoms with E-state index in [0.717, 1.165) is 4.90 Å². The number of nitrogens with one attached hydrogen (secondary N) is 1. The van der Waals surface area contributed by atoms with Crippen LogP contribution >= 0.6 is 11.9 Å².